The van der Waals surface area contributed by atoms with Crippen molar-refractivity contribution in [3.8, 4) is 0 Å². The maximum Gasteiger partial charge on any atom is 0.381 e. The SMILES string of the molecule is CCOC(=O)C(Br)(O/N=C(/C(C)(C)C)P(=O)(OCC)OCC)C(=O)OCC. The fourth-order valence-electron chi connectivity index (χ4n) is 1.81. The summed E-state index contributed by atoms with van der Waals surface area (Å²) in [6, 6.07) is 0. The lowest BCUT2D eigenvalue weighted by Crippen LogP contribution is -2.45. The molecule has 27 heavy (non-hydrogen) atoms. The second-order valence-electron chi connectivity index (χ2n) is 6.13. The summed E-state index contributed by atoms with van der Waals surface area (Å²) in [7, 11) is -3.83. The van der Waals surface area contributed by atoms with E-state index < -0.39 is 29.5 Å². The third-order valence-corrected chi connectivity index (χ3v) is 6.12. The molecule has 0 saturated carbocycles. The Kier molecular flexibility index (Phi) is 10.7. The van der Waals surface area contributed by atoms with E-state index in [2.05, 4.69) is 21.1 Å². The highest BCUT2D eigenvalue weighted by atomic mass is 79.9. The first kappa shape index (κ1) is 26.0. The summed E-state index contributed by atoms with van der Waals surface area (Å²) in [5.74, 6) is -2.11. The Morgan fingerprint density at radius 3 is 1.59 bits per heavy atom. The van der Waals surface area contributed by atoms with Gasteiger partial charge in [0, 0.05) is 5.41 Å². The highest BCUT2D eigenvalue weighted by molar-refractivity contribution is 9.10. The predicted molar refractivity (Wildman–Crippen MR) is 104 cm³/mol. The van der Waals surface area contributed by atoms with Gasteiger partial charge < -0.3 is 23.4 Å². The van der Waals surface area contributed by atoms with Crippen LogP contribution < -0.4 is 0 Å². The van der Waals surface area contributed by atoms with Gasteiger partial charge in [-0.25, -0.2) is 9.59 Å². The van der Waals surface area contributed by atoms with E-state index in [-0.39, 0.29) is 31.9 Å². The zero-order valence-corrected chi connectivity index (χ0v) is 19.3. The second kappa shape index (κ2) is 11.1. The number of esters is 2. The van der Waals surface area contributed by atoms with Crippen LogP contribution in [0.15, 0.2) is 5.16 Å². The van der Waals surface area contributed by atoms with Crippen LogP contribution in [0.2, 0.25) is 0 Å². The molecule has 11 heteroatoms. The predicted octanol–water partition coefficient (Wildman–Crippen LogP) is 3.85. The first-order valence-electron chi connectivity index (χ1n) is 8.62. The summed E-state index contributed by atoms with van der Waals surface area (Å²) >= 11 is 2.91. The van der Waals surface area contributed by atoms with Crippen molar-refractivity contribution in [1.29, 1.82) is 0 Å². The summed E-state index contributed by atoms with van der Waals surface area (Å²) in [5, 5.41) is 3.84. The summed E-state index contributed by atoms with van der Waals surface area (Å²) in [5.41, 5.74) is -0.909. The summed E-state index contributed by atoms with van der Waals surface area (Å²) in [6.45, 7) is 11.8. The molecule has 0 aromatic carbocycles. The van der Waals surface area contributed by atoms with Gasteiger partial charge in [0.2, 0.25) is 0 Å². The van der Waals surface area contributed by atoms with Crippen molar-refractivity contribution in [3.05, 3.63) is 0 Å². The first-order chi connectivity index (χ1) is 12.4. The van der Waals surface area contributed by atoms with E-state index in [1.807, 2.05) is 0 Å². The van der Waals surface area contributed by atoms with Crippen molar-refractivity contribution in [2.24, 2.45) is 10.6 Å². The number of ether oxygens (including phenoxy) is 2. The number of halogens is 1. The molecular weight excluding hydrogens is 445 g/mol. The number of alkyl halides is 1. The minimum absolute atomic E-state index is 0.00117. The average Bonchev–Trinajstić information content (AvgIpc) is 2.54. The maximum atomic E-state index is 13.2. The number of nitrogens with zero attached hydrogens (tertiary/aromatic N) is 1. The molecule has 0 unspecified atom stereocenters. The number of oxime groups is 1. The number of carbonyl (C=O) groups excluding carboxylic acids is 2. The van der Waals surface area contributed by atoms with Gasteiger partial charge >= 0.3 is 24.0 Å². The molecule has 0 amide bonds. The van der Waals surface area contributed by atoms with Gasteiger partial charge in [-0.3, -0.25) is 4.57 Å². The van der Waals surface area contributed by atoms with Crippen LogP contribution in [-0.2, 0) is 37.5 Å². The van der Waals surface area contributed by atoms with E-state index in [1.165, 1.54) is 0 Å². The van der Waals surface area contributed by atoms with E-state index in [0.717, 1.165) is 0 Å². The molecule has 0 aliphatic carbocycles. The van der Waals surface area contributed by atoms with Crippen molar-refractivity contribution in [3.63, 3.8) is 0 Å². The van der Waals surface area contributed by atoms with E-state index >= 15 is 0 Å². The topological polar surface area (TPSA) is 110 Å². The van der Waals surface area contributed by atoms with Gasteiger partial charge in [0.05, 0.1) is 26.4 Å². The number of hydrogen-bond donors (Lipinski definition) is 0. The molecular formula is C16H29BrNO8P. The Labute approximate surface area is 168 Å². The quantitative estimate of drug-likeness (QED) is 0.111. The molecule has 158 valence electrons. The Morgan fingerprint density at radius 2 is 1.30 bits per heavy atom. The summed E-state index contributed by atoms with van der Waals surface area (Å²) in [4.78, 5) is 29.7. The minimum Gasteiger partial charge on any atom is -0.462 e. The fraction of sp³-hybridized carbons (Fsp3) is 0.812. The van der Waals surface area contributed by atoms with Crippen LogP contribution in [-0.4, -0.2) is 48.3 Å². The lowest BCUT2D eigenvalue weighted by Gasteiger charge is -2.28. The molecule has 0 rings (SSSR count). The molecule has 9 nitrogen and oxygen atoms in total. The molecule has 0 fully saturated rings. The average molecular weight is 474 g/mol. The van der Waals surface area contributed by atoms with Crippen molar-refractivity contribution in [1.82, 2.24) is 0 Å². The van der Waals surface area contributed by atoms with Crippen LogP contribution in [0.25, 0.3) is 0 Å². The Bertz CT molecular complexity index is 559. The van der Waals surface area contributed by atoms with Crippen molar-refractivity contribution in [2.45, 2.75) is 53.0 Å². The van der Waals surface area contributed by atoms with E-state index in [1.54, 1.807) is 48.5 Å². The van der Waals surface area contributed by atoms with Gasteiger partial charge in [-0.1, -0.05) is 25.9 Å². The number of hydrogen-bond acceptors (Lipinski definition) is 9. The number of carbonyl (C=O) groups is 2. The third-order valence-electron chi connectivity index (χ3n) is 2.86. The van der Waals surface area contributed by atoms with E-state index in [0.29, 0.717) is 0 Å². The lowest BCUT2D eigenvalue weighted by molar-refractivity contribution is -0.176. The van der Waals surface area contributed by atoms with Crippen molar-refractivity contribution >= 4 is 40.9 Å². The van der Waals surface area contributed by atoms with Crippen LogP contribution in [0.1, 0.15) is 48.5 Å². The zero-order chi connectivity index (χ0) is 21.3. The fourth-order valence-corrected chi connectivity index (χ4v) is 4.07. The van der Waals surface area contributed by atoms with Crippen LogP contribution in [0, 0.1) is 5.41 Å². The monoisotopic (exact) mass is 473 g/mol. The molecule has 0 atom stereocenters. The molecule has 0 aromatic rings. The highest BCUT2D eigenvalue weighted by Gasteiger charge is 2.52. The summed E-state index contributed by atoms with van der Waals surface area (Å²) < 4.78 is 31.2. The lowest BCUT2D eigenvalue weighted by atomic mass is 9.99. The van der Waals surface area contributed by atoms with Crippen LogP contribution in [0.4, 0.5) is 0 Å². The van der Waals surface area contributed by atoms with Crippen LogP contribution >= 0.6 is 23.5 Å². The smallest absolute Gasteiger partial charge is 0.381 e. The highest BCUT2D eigenvalue weighted by Crippen LogP contribution is 2.55. The van der Waals surface area contributed by atoms with Gasteiger partial charge in [-0.2, -0.15) is 0 Å². The Hall–Kier alpha value is -0.960. The van der Waals surface area contributed by atoms with Gasteiger partial charge in [0.1, 0.15) is 0 Å². The molecule has 0 bridgehead atoms. The molecule has 0 aliphatic heterocycles. The minimum atomic E-state index is -3.83. The molecule has 0 aliphatic rings. The third kappa shape index (κ3) is 7.18. The molecule has 0 heterocycles. The maximum absolute atomic E-state index is 13.2. The van der Waals surface area contributed by atoms with Crippen molar-refractivity contribution in [2.75, 3.05) is 26.4 Å². The Balaban J connectivity index is 6.14. The van der Waals surface area contributed by atoms with Crippen molar-refractivity contribution < 1.29 is 37.5 Å². The van der Waals surface area contributed by atoms with Gasteiger partial charge in [0.25, 0.3) is 0 Å². The van der Waals surface area contributed by atoms with Gasteiger partial charge in [-0.15, -0.1) is 0 Å². The molecule has 0 radical (unpaired) electrons. The molecule has 0 spiro atoms. The Morgan fingerprint density at radius 1 is 0.889 bits per heavy atom. The zero-order valence-electron chi connectivity index (χ0n) is 16.9. The largest absolute Gasteiger partial charge is 0.462 e. The van der Waals surface area contributed by atoms with E-state index in [4.69, 9.17) is 23.4 Å². The normalized spacial score (nSPS) is 13.3. The van der Waals surface area contributed by atoms with Crippen LogP contribution in [0.3, 0.4) is 0 Å². The molecule has 0 aromatic heterocycles. The second-order valence-corrected chi connectivity index (χ2v) is 9.18. The first-order valence-corrected chi connectivity index (χ1v) is 11.0. The van der Waals surface area contributed by atoms with Crippen LogP contribution in [0.5, 0.6) is 0 Å². The molecule has 0 N–H and O–H groups in total. The van der Waals surface area contributed by atoms with Gasteiger partial charge in [0.15, 0.2) is 5.45 Å². The standard InChI is InChI=1S/C16H29BrNO8P/c1-8-22-13(19)16(17,14(20)23-9-2)26-18-12(15(5,6)7)27(21,24-10-3)25-11-4/h8-11H2,1-7H3/b18-12-. The molecule has 0 saturated heterocycles. The van der Waals surface area contributed by atoms with Gasteiger partial charge in [-0.05, 0) is 43.6 Å². The van der Waals surface area contributed by atoms with E-state index in [9.17, 15) is 14.2 Å². The summed E-state index contributed by atoms with van der Waals surface area (Å²) in [6.07, 6.45) is 0. The number of rotatable bonds is 11.